The Labute approximate surface area is 197 Å². The number of carbonyl (C=O) groups is 2. The highest BCUT2D eigenvalue weighted by molar-refractivity contribution is 6.30. The Bertz CT molecular complexity index is 1190. The maximum Gasteiger partial charge on any atom is 0.336 e. The number of benzene rings is 3. The van der Waals surface area contributed by atoms with E-state index in [1.165, 1.54) is 11.0 Å². The number of hydrogen-bond donors (Lipinski definition) is 0. The lowest BCUT2D eigenvalue weighted by Gasteiger charge is -2.34. The van der Waals surface area contributed by atoms with Gasteiger partial charge < -0.3 is 9.64 Å². The Morgan fingerprint density at radius 1 is 1.03 bits per heavy atom. The highest BCUT2D eigenvalue weighted by Gasteiger charge is 2.37. The Morgan fingerprint density at radius 2 is 1.70 bits per heavy atom. The summed E-state index contributed by atoms with van der Waals surface area (Å²) in [4.78, 5) is 27.9. The summed E-state index contributed by atoms with van der Waals surface area (Å²) in [5.41, 5.74) is 2.90. The normalized spacial score (nSPS) is 16.2. The summed E-state index contributed by atoms with van der Waals surface area (Å²) >= 11 is 6.04. The van der Waals surface area contributed by atoms with Gasteiger partial charge in [0.25, 0.3) is 0 Å². The third-order valence-corrected chi connectivity index (χ3v) is 6.07. The molecule has 0 saturated heterocycles. The number of rotatable bonds is 6. The fourth-order valence-electron chi connectivity index (χ4n) is 4.05. The van der Waals surface area contributed by atoms with Crippen molar-refractivity contribution in [1.29, 1.82) is 0 Å². The van der Waals surface area contributed by atoms with Crippen LogP contribution in [-0.2, 0) is 27.5 Å². The van der Waals surface area contributed by atoms with Gasteiger partial charge >= 0.3 is 5.97 Å². The fraction of sp³-hybridized carbons (Fsp3) is 0.185. The molecule has 0 fully saturated rings. The first-order valence-corrected chi connectivity index (χ1v) is 11.0. The number of ether oxygens (including phenoxy) is 1. The first-order valence-electron chi connectivity index (χ1n) is 10.6. The van der Waals surface area contributed by atoms with Crippen LogP contribution in [0.25, 0.3) is 0 Å². The molecule has 168 valence electrons. The maximum absolute atomic E-state index is 14.3. The quantitative estimate of drug-likeness (QED) is 0.420. The van der Waals surface area contributed by atoms with Crippen molar-refractivity contribution >= 4 is 23.5 Å². The van der Waals surface area contributed by atoms with Gasteiger partial charge in [-0.15, -0.1) is 0 Å². The molecule has 4 rings (SSSR count). The van der Waals surface area contributed by atoms with E-state index >= 15 is 0 Å². The van der Waals surface area contributed by atoms with Gasteiger partial charge in [0.2, 0.25) is 5.91 Å². The summed E-state index contributed by atoms with van der Waals surface area (Å²) in [6.07, 6.45) is 0.0726. The van der Waals surface area contributed by atoms with Gasteiger partial charge in [-0.25, -0.2) is 9.18 Å². The van der Waals surface area contributed by atoms with Crippen LogP contribution in [0.5, 0.6) is 0 Å². The summed E-state index contributed by atoms with van der Waals surface area (Å²) in [6.45, 7) is 1.87. The van der Waals surface area contributed by atoms with Gasteiger partial charge in [0, 0.05) is 28.6 Å². The van der Waals surface area contributed by atoms with Crippen molar-refractivity contribution in [2.75, 3.05) is 0 Å². The Kier molecular flexibility index (Phi) is 6.90. The van der Waals surface area contributed by atoms with Gasteiger partial charge in [-0.2, -0.15) is 0 Å². The molecular weight excluding hydrogens is 441 g/mol. The van der Waals surface area contributed by atoms with Crippen LogP contribution in [0.1, 0.15) is 36.0 Å². The Morgan fingerprint density at radius 3 is 2.39 bits per heavy atom. The van der Waals surface area contributed by atoms with Crippen molar-refractivity contribution in [3.05, 3.63) is 118 Å². The number of amides is 1. The van der Waals surface area contributed by atoms with E-state index in [2.05, 4.69) is 0 Å². The second kappa shape index (κ2) is 10.0. The van der Waals surface area contributed by atoms with Crippen molar-refractivity contribution in [3.63, 3.8) is 0 Å². The second-order valence-corrected chi connectivity index (χ2v) is 8.38. The van der Waals surface area contributed by atoms with E-state index in [4.69, 9.17) is 16.3 Å². The fourth-order valence-corrected chi connectivity index (χ4v) is 4.17. The zero-order chi connectivity index (χ0) is 23.4. The van der Waals surface area contributed by atoms with Gasteiger partial charge in [0.1, 0.15) is 12.4 Å². The molecule has 1 amide bonds. The van der Waals surface area contributed by atoms with Crippen LogP contribution in [0.4, 0.5) is 4.39 Å². The number of nitrogens with zero attached hydrogens (tertiary/aromatic N) is 1. The number of carbonyl (C=O) groups excluding carboxylic acids is 2. The molecule has 4 nitrogen and oxygen atoms in total. The molecule has 0 aliphatic carbocycles. The van der Waals surface area contributed by atoms with Gasteiger partial charge in [-0.1, -0.05) is 72.3 Å². The Hall–Kier alpha value is -3.44. The molecule has 3 aromatic carbocycles. The maximum atomic E-state index is 14.3. The third kappa shape index (κ3) is 5.15. The topological polar surface area (TPSA) is 46.6 Å². The molecule has 0 spiro atoms. The van der Waals surface area contributed by atoms with E-state index in [1.807, 2.05) is 42.5 Å². The van der Waals surface area contributed by atoms with Gasteiger partial charge in [-0.3, -0.25) is 4.79 Å². The molecule has 33 heavy (non-hydrogen) atoms. The molecule has 0 bridgehead atoms. The molecule has 1 heterocycles. The molecule has 3 aromatic rings. The van der Waals surface area contributed by atoms with Crippen molar-refractivity contribution in [3.8, 4) is 0 Å². The summed E-state index contributed by atoms with van der Waals surface area (Å²) < 4.78 is 19.9. The summed E-state index contributed by atoms with van der Waals surface area (Å²) in [5, 5.41) is 0.566. The molecule has 0 radical (unpaired) electrons. The lowest BCUT2D eigenvalue weighted by atomic mass is 9.83. The van der Waals surface area contributed by atoms with Gasteiger partial charge in [0.15, 0.2) is 0 Å². The first kappa shape index (κ1) is 22.7. The largest absolute Gasteiger partial charge is 0.457 e. The number of allylic oxidation sites excluding steroid dienone is 1. The molecule has 1 aliphatic rings. The summed E-state index contributed by atoms with van der Waals surface area (Å²) in [6, 6.07) is 22.8. The van der Waals surface area contributed by atoms with Crippen molar-refractivity contribution < 1.29 is 18.7 Å². The lowest BCUT2D eigenvalue weighted by Crippen LogP contribution is -2.38. The van der Waals surface area contributed by atoms with Crippen LogP contribution in [0.3, 0.4) is 0 Å². The lowest BCUT2D eigenvalue weighted by molar-refractivity contribution is -0.141. The van der Waals surface area contributed by atoms with Gasteiger partial charge in [0.05, 0.1) is 12.1 Å². The number of esters is 1. The molecule has 0 saturated carbocycles. The van der Waals surface area contributed by atoms with Crippen molar-refractivity contribution in [1.82, 2.24) is 4.90 Å². The molecule has 0 aromatic heterocycles. The SMILES string of the molecule is CC1=C(C(=O)OCc2ccccc2)C(c2ccc(Cl)cc2)CC(=O)N1Cc1ccccc1F. The van der Waals surface area contributed by atoms with Crippen LogP contribution in [0.15, 0.2) is 90.1 Å². The number of hydrogen-bond acceptors (Lipinski definition) is 3. The molecule has 1 unspecified atom stereocenters. The smallest absolute Gasteiger partial charge is 0.336 e. The number of halogens is 2. The van der Waals surface area contributed by atoms with E-state index < -0.39 is 17.7 Å². The van der Waals surface area contributed by atoms with E-state index in [9.17, 15) is 14.0 Å². The molecule has 1 atom stereocenters. The van der Waals surface area contributed by atoms with E-state index in [-0.39, 0.29) is 25.5 Å². The average molecular weight is 464 g/mol. The first-order chi connectivity index (χ1) is 15.9. The molecule has 6 heteroatoms. The third-order valence-electron chi connectivity index (χ3n) is 5.81. The van der Waals surface area contributed by atoms with E-state index in [0.29, 0.717) is 21.9 Å². The molecule has 1 aliphatic heterocycles. The minimum atomic E-state index is -0.498. The minimum absolute atomic E-state index is 0.0418. The summed E-state index contributed by atoms with van der Waals surface area (Å²) in [5.74, 6) is -1.56. The predicted molar refractivity (Wildman–Crippen MR) is 125 cm³/mol. The van der Waals surface area contributed by atoms with Gasteiger partial charge in [-0.05, 0) is 36.2 Å². The van der Waals surface area contributed by atoms with Crippen LogP contribution in [-0.4, -0.2) is 16.8 Å². The predicted octanol–water partition coefficient (Wildman–Crippen LogP) is 6.01. The van der Waals surface area contributed by atoms with Crippen LogP contribution < -0.4 is 0 Å². The highest BCUT2D eigenvalue weighted by atomic mass is 35.5. The standard InChI is InChI=1S/C27H23ClFNO3/c1-18-26(27(32)33-17-19-7-3-2-4-8-19)23(20-11-13-22(28)14-12-20)15-25(31)30(18)16-21-9-5-6-10-24(21)29/h2-14,23H,15-17H2,1H3. The minimum Gasteiger partial charge on any atom is -0.457 e. The molecular formula is C27H23ClFNO3. The highest BCUT2D eigenvalue weighted by Crippen LogP contribution is 2.38. The average Bonchev–Trinajstić information content (AvgIpc) is 2.82. The van der Waals surface area contributed by atoms with E-state index in [0.717, 1.165) is 11.1 Å². The zero-order valence-electron chi connectivity index (χ0n) is 18.1. The van der Waals surface area contributed by atoms with Crippen molar-refractivity contribution in [2.45, 2.75) is 32.4 Å². The Balaban J connectivity index is 1.69. The molecule has 0 N–H and O–H groups in total. The summed E-state index contributed by atoms with van der Waals surface area (Å²) in [7, 11) is 0. The van der Waals surface area contributed by atoms with Crippen LogP contribution >= 0.6 is 11.6 Å². The second-order valence-electron chi connectivity index (χ2n) is 7.94. The monoisotopic (exact) mass is 463 g/mol. The zero-order valence-corrected chi connectivity index (χ0v) is 18.9. The van der Waals surface area contributed by atoms with Crippen LogP contribution in [0.2, 0.25) is 5.02 Å². The van der Waals surface area contributed by atoms with Crippen molar-refractivity contribution in [2.24, 2.45) is 0 Å². The van der Waals surface area contributed by atoms with E-state index in [1.54, 1.807) is 37.3 Å². The van der Waals surface area contributed by atoms with Crippen LogP contribution in [0, 0.1) is 5.82 Å².